The molecular formula is C11H12ClN3. The zero-order valence-electron chi connectivity index (χ0n) is 8.74. The number of anilines is 1. The van der Waals surface area contributed by atoms with Crippen molar-refractivity contribution in [2.45, 2.75) is 6.92 Å². The monoisotopic (exact) mass is 221 g/mol. The van der Waals surface area contributed by atoms with Crippen LogP contribution in [-0.4, -0.2) is 23.6 Å². The van der Waals surface area contributed by atoms with E-state index in [1.54, 1.807) is 0 Å². The van der Waals surface area contributed by atoms with Crippen molar-refractivity contribution in [3.05, 3.63) is 29.4 Å². The van der Waals surface area contributed by atoms with Crippen LogP contribution in [0.1, 0.15) is 6.92 Å². The van der Waals surface area contributed by atoms with Gasteiger partial charge in [0.05, 0.1) is 11.0 Å². The molecule has 0 amide bonds. The highest BCUT2D eigenvalue weighted by Crippen LogP contribution is 2.23. The molecule has 78 valence electrons. The van der Waals surface area contributed by atoms with Crippen LogP contribution >= 0.6 is 11.6 Å². The summed E-state index contributed by atoms with van der Waals surface area (Å²) in [5.74, 6) is 0.734. The molecule has 0 N–H and O–H groups in total. The van der Waals surface area contributed by atoms with Gasteiger partial charge in [-0.1, -0.05) is 23.7 Å². The van der Waals surface area contributed by atoms with E-state index in [-0.39, 0.29) is 0 Å². The van der Waals surface area contributed by atoms with Crippen molar-refractivity contribution in [1.29, 1.82) is 0 Å². The molecule has 2 aromatic rings. The molecule has 3 nitrogen and oxygen atoms in total. The second kappa shape index (κ2) is 4.03. The Kier molecular flexibility index (Phi) is 2.73. The highest BCUT2D eigenvalue weighted by Gasteiger charge is 2.09. The second-order valence-corrected chi connectivity index (χ2v) is 3.70. The summed E-state index contributed by atoms with van der Waals surface area (Å²) in [6.45, 7) is 2.90. The molecule has 0 saturated heterocycles. The van der Waals surface area contributed by atoms with Crippen LogP contribution in [0.3, 0.4) is 0 Å². The quantitative estimate of drug-likeness (QED) is 0.781. The Morgan fingerprint density at radius 3 is 2.40 bits per heavy atom. The van der Waals surface area contributed by atoms with Gasteiger partial charge in [-0.3, -0.25) is 0 Å². The summed E-state index contributed by atoms with van der Waals surface area (Å²) in [6.07, 6.45) is 0. The topological polar surface area (TPSA) is 29.0 Å². The van der Waals surface area contributed by atoms with E-state index in [4.69, 9.17) is 11.6 Å². The molecule has 1 heterocycles. The number of para-hydroxylation sites is 2. The van der Waals surface area contributed by atoms with E-state index >= 15 is 0 Å². The molecule has 0 saturated carbocycles. The fraction of sp³-hybridized carbons (Fsp3) is 0.273. The molecule has 1 aromatic heterocycles. The minimum absolute atomic E-state index is 0.457. The maximum absolute atomic E-state index is 6.06. The molecule has 15 heavy (non-hydrogen) atoms. The minimum atomic E-state index is 0.457. The van der Waals surface area contributed by atoms with E-state index in [0.717, 1.165) is 23.4 Å². The first kappa shape index (κ1) is 10.2. The average molecular weight is 222 g/mol. The van der Waals surface area contributed by atoms with Crippen LogP contribution in [0.25, 0.3) is 11.0 Å². The van der Waals surface area contributed by atoms with Gasteiger partial charge in [-0.25, -0.2) is 9.97 Å². The number of aromatic nitrogens is 2. The largest absolute Gasteiger partial charge is 0.357 e. The molecule has 4 heteroatoms. The van der Waals surface area contributed by atoms with Gasteiger partial charge in [0.25, 0.3) is 0 Å². The van der Waals surface area contributed by atoms with E-state index < -0.39 is 0 Å². The summed E-state index contributed by atoms with van der Waals surface area (Å²) in [5.41, 5.74) is 1.70. The van der Waals surface area contributed by atoms with Crippen LogP contribution in [0.5, 0.6) is 0 Å². The predicted octanol–water partition coefficient (Wildman–Crippen LogP) is 2.74. The first-order valence-corrected chi connectivity index (χ1v) is 5.23. The zero-order chi connectivity index (χ0) is 10.8. The molecule has 1 aromatic carbocycles. The first-order chi connectivity index (χ1) is 7.22. The predicted molar refractivity (Wildman–Crippen MR) is 63.5 cm³/mol. The van der Waals surface area contributed by atoms with Crippen molar-refractivity contribution in [3.8, 4) is 0 Å². The van der Waals surface area contributed by atoms with Gasteiger partial charge in [-0.2, -0.15) is 0 Å². The van der Waals surface area contributed by atoms with E-state index in [0.29, 0.717) is 5.15 Å². The van der Waals surface area contributed by atoms with Gasteiger partial charge < -0.3 is 4.90 Å². The number of benzene rings is 1. The molecule has 0 fully saturated rings. The summed E-state index contributed by atoms with van der Waals surface area (Å²) in [7, 11) is 1.95. The summed E-state index contributed by atoms with van der Waals surface area (Å²) in [5, 5.41) is 0.457. The Bertz CT molecular complexity index is 484. The van der Waals surface area contributed by atoms with Crippen molar-refractivity contribution < 1.29 is 0 Å². The van der Waals surface area contributed by atoms with Crippen LogP contribution in [0.15, 0.2) is 24.3 Å². The van der Waals surface area contributed by atoms with Gasteiger partial charge in [-0.05, 0) is 19.1 Å². The summed E-state index contributed by atoms with van der Waals surface area (Å²) < 4.78 is 0. The maximum Gasteiger partial charge on any atom is 0.172 e. The highest BCUT2D eigenvalue weighted by molar-refractivity contribution is 6.32. The molecule has 0 bridgehead atoms. The Labute approximate surface area is 93.7 Å². The Morgan fingerprint density at radius 2 is 1.80 bits per heavy atom. The minimum Gasteiger partial charge on any atom is -0.357 e. The molecule has 0 atom stereocenters. The lowest BCUT2D eigenvalue weighted by Gasteiger charge is -2.16. The SMILES string of the molecule is CCN(C)c1nc2ccccc2nc1Cl. The fourth-order valence-electron chi connectivity index (χ4n) is 1.36. The van der Waals surface area contributed by atoms with Crippen molar-refractivity contribution in [1.82, 2.24) is 9.97 Å². The van der Waals surface area contributed by atoms with Crippen molar-refractivity contribution in [3.63, 3.8) is 0 Å². The number of halogens is 1. The van der Waals surface area contributed by atoms with Crippen molar-refractivity contribution >= 4 is 28.5 Å². The van der Waals surface area contributed by atoms with Crippen LogP contribution in [-0.2, 0) is 0 Å². The van der Waals surface area contributed by atoms with Gasteiger partial charge in [0.15, 0.2) is 11.0 Å². The van der Waals surface area contributed by atoms with Crippen LogP contribution in [0.2, 0.25) is 5.15 Å². The van der Waals surface area contributed by atoms with Gasteiger partial charge in [0, 0.05) is 13.6 Å². The highest BCUT2D eigenvalue weighted by atomic mass is 35.5. The molecule has 0 aliphatic rings. The third-order valence-electron chi connectivity index (χ3n) is 2.35. The van der Waals surface area contributed by atoms with E-state index in [1.165, 1.54) is 0 Å². The summed E-state index contributed by atoms with van der Waals surface area (Å²) in [4.78, 5) is 10.8. The number of fused-ring (bicyclic) bond motifs is 1. The van der Waals surface area contributed by atoms with Gasteiger partial charge in [-0.15, -0.1) is 0 Å². The average Bonchev–Trinajstić information content (AvgIpc) is 2.27. The lowest BCUT2D eigenvalue weighted by Crippen LogP contribution is -2.18. The number of hydrogen-bond donors (Lipinski definition) is 0. The maximum atomic E-state index is 6.06. The van der Waals surface area contributed by atoms with E-state index in [1.807, 2.05) is 43.1 Å². The molecule has 0 unspecified atom stereocenters. The Balaban J connectivity index is 2.61. The Hall–Kier alpha value is -1.35. The number of hydrogen-bond acceptors (Lipinski definition) is 3. The molecule has 0 spiro atoms. The van der Waals surface area contributed by atoms with Crippen LogP contribution < -0.4 is 4.90 Å². The first-order valence-electron chi connectivity index (χ1n) is 4.85. The summed E-state index contributed by atoms with van der Waals surface area (Å²) in [6, 6.07) is 7.72. The normalized spacial score (nSPS) is 10.6. The van der Waals surface area contributed by atoms with Crippen molar-refractivity contribution in [2.75, 3.05) is 18.5 Å². The molecule has 0 aliphatic carbocycles. The third-order valence-corrected chi connectivity index (χ3v) is 2.60. The Morgan fingerprint density at radius 1 is 1.20 bits per heavy atom. The molecular weight excluding hydrogens is 210 g/mol. The smallest absolute Gasteiger partial charge is 0.172 e. The van der Waals surface area contributed by atoms with Crippen LogP contribution in [0.4, 0.5) is 5.82 Å². The van der Waals surface area contributed by atoms with E-state index in [9.17, 15) is 0 Å². The standard InChI is InChI=1S/C11H12ClN3/c1-3-15(2)11-10(12)13-8-6-4-5-7-9(8)14-11/h4-7H,3H2,1-2H3. The number of rotatable bonds is 2. The lowest BCUT2D eigenvalue weighted by atomic mass is 10.3. The van der Waals surface area contributed by atoms with Gasteiger partial charge in [0.1, 0.15) is 0 Å². The molecule has 2 rings (SSSR count). The zero-order valence-corrected chi connectivity index (χ0v) is 9.49. The van der Waals surface area contributed by atoms with Crippen LogP contribution in [0, 0.1) is 0 Å². The molecule has 0 aliphatic heterocycles. The lowest BCUT2D eigenvalue weighted by molar-refractivity contribution is 0.938. The fourth-order valence-corrected chi connectivity index (χ4v) is 1.64. The second-order valence-electron chi connectivity index (χ2n) is 3.34. The van der Waals surface area contributed by atoms with Gasteiger partial charge >= 0.3 is 0 Å². The molecule has 0 radical (unpaired) electrons. The third kappa shape index (κ3) is 1.88. The van der Waals surface area contributed by atoms with Gasteiger partial charge in [0.2, 0.25) is 0 Å². The van der Waals surface area contributed by atoms with E-state index in [2.05, 4.69) is 9.97 Å². The number of nitrogens with zero attached hydrogens (tertiary/aromatic N) is 3. The van der Waals surface area contributed by atoms with Crippen molar-refractivity contribution in [2.24, 2.45) is 0 Å². The summed E-state index contributed by atoms with van der Waals surface area (Å²) >= 11 is 6.06.